The van der Waals surface area contributed by atoms with Gasteiger partial charge in [0, 0.05) is 6.20 Å². The molecule has 0 radical (unpaired) electrons. The standard InChI is InChI=1S/C3H7N3S/c1-3-5-6-7-4-2/h3-4H,1H2,2H3. The molecular formula is C3H7N3S. The lowest BCUT2D eigenvalue weighted by atomic mass is 11.1. The average molecular weight is 117 g/mol. The van der Waals surface area contributed by atoms with E-state index in [2.05, 4.69) is 20.9 Å². The molecule has 0 saturated carbocycles. The first kappa shape index (κ1) is 6.65. The molecule has 0 saturated heterocycles. The minimum atomic E-state index is 1.17. The summed E-state index contributed by atoms with van der Waals surface area (Å²) in [6.07, 6.45) is 1.38. The third kappa shape index (κ3) is 5.65. The van der Waals surface area contributed by atoms with E-state index < -0.39 is 0 Å². The summed E-state index contributed by atoms with van der Waals surface area (Å²) in [5.41, 5.74) is 0. The quantitative estimate of drug-likeness (QED) is 0.447. The summed E-state index contributed by atoms with van der Waals surface area (Å²) in [5, 5.41) is 3.45. The van der Waals surface area contributed by atoms with Crippen molar-refractivity contribution in [1.82, 2.24) is 4.72 Å². The first-order valence-corrected chi connectivity index (χ1v) is 2.53. The Morgan fingerprint density at radius 3 is 3.00 bits per heavy atom. The third-order valence-corrected chi connectivity index (χ3v) is 0.619. The average Bonchev–Trinajstić information content (AvgIpc) is 1.69. The van der Waals surface area contributed by atoms with Crippen LogP contribution in [0, 0.1) is 0 Å². The Bertz CT molecular complexity index is 70.6. The van der Waals surface area contributed by atoms with Gasteiger partial charge in [-0.25, -0.2) is 4.72 Å². The molecule has 0 unspecified atom stereocenters. The van der Waals surface area contributed by atoms with Crippen molar-refractivity contribution in [2.24, 2.45) is 9.63 Å². The third-order valence-electron chi connectivity index (χ3n) is 0.261. The Kier molecular flexibility index (Phi) is 5.37. The molecule has 0 aliphatic rings. The highest BCUT2D eigenvalue weighted by atomic mass is 32.2. The van der Waals surface area contributed by atoms with Gasteiger partial charge in [0.2, 0.25) is 0 Å². The van der Waals surface area contributed by atoms with Crippen LogP contribution in [-0.2, 0) is 0 Å². The van der Waals surface area contributed by atoms with Crippen LogP contribution >= 0.6 is 12.1 Å². The van der Waals surface area contributed by atoms with Crippen molar-refractivity contribution in [1.29, 1.82) is 0 Å². The summed E-state index contributed by atoms with van der Waals surface area (Å²) < 4.78 is 6.23. The van der Waals surface area contributed by atoms with Crippen LogP contribution in [0.15, 0.2) is 22.4 Å². The molecule has 0 rings (SSSR count). The fourth-order valence-electron chi connectivity index (χ4n) is 0.0977. The Balaban J connectivity index is 2.92. The van der Waals surface area contributed by atoms with E-state index in [1.807, 2.05) is 0 Å². The molecule has 4 heteroatoms. The van der Waals surface area contributed by atoms with Crippen molar-refractivity contribution in [2.45, 2.75) is 0 Å². The lowest BCUT2D eigenvalue weighted by Gasteiger charge is -1.79. The molecule has 0 aliphatic carbocycles. The number of nitrogens with zero attached hydrogens (tertiary/aromatic N) is 2. The van der Waals surface area contributed by atoms with Crippen LogP contribution in [0.25, 0.3) is 0 Å². The van der Waals surface area contributed by atoms with Crippen molar-refractivity contribution in [3.63, 3.8) is 0 Å². The van der Waals surface area contributed by atoms with Crippen LogP contribution in [0.4, 0.5) is 0 Å². The fraction of sp³-hybridized carbons (Fsp3) is 0.333. The molecule has 0 amide bonds. The fourth-order valence-corrected chi connectivity index (χ4v) is 0.293. The Morgan fingerprint density at radius 2 is 2.57 bits per heavy atom. The van der Waals surface area contributed by atoms with Gasteiger partial charge in [-0.1, -0.05) is 11.1 Å². The first-order chi connectivity index (χ1) is 3.41. The van der Waals surface area contributed by atoms with E-state index in [1.54, 1.807) is 7.05 Å². The van der Waals surface area contributed by atoms with Gasteiger partial charge < -0.3 is 0 Å². The number of hydrogen-bond acceptors (Lipinski definition) is 4. The summed E-state index contributed by atoms with van der Waals surface area (Å²) in [6, 6.07) is 0. The van der Waals surface area contributed by atoms with Gasteiger partial charge >= 0.3 is 0 Å². The zero-order chi connectivity index (χ0) is 5.54. The second-order valence-electron chi connectivity index (χ2n) is 0.675. The van der Waals surface area contributed by atoms with Crippen LogP contribution in [0.3, 0.4) is 0 Å². The first-order valence-electron chi connectivity index (χ1n) is 1.75. The van der Waals surface area contributed by atoms with Crippen LogP contribution in [-0.4, -0.2) is 7.05 Å². The van der Waals surface area contributed by atoms with E-state index in [1.165, 1.54) is 18.3 Å². The summed E-state index contributed by atoms with van der Waals surface area (Å²) in [7, 11) is 1.77. The number of nitrogens with one attached hydrogen (secondary N) is 1. The molecule has 3 nitrogen and oxygen atoms in total. The number of hydrogen-bond donors (Lipinski definition) is 1. The van der Waals surface area contributed by atoms with Crippen molar-refractivity contribution in [3.8, 4) is 0 Å². The molecular weight excluding hydrogens is 110 g/mol. The normalized spacial score (nSPS) is 9.86. The second-order valence-corrected chi connectivity index (χ2v) is 1.43. The lowest BCUT2D eigenvalue weighted by molar-refractivity contribution is 1.26. The maximum absolute atomic E-state index is 3.52. The molecule has 0 bridgehead atoms. The van der Waals surface area contributed by atoms with E-state index in [4.69, 9.17) is 0 Å². The highest BCUT2D eigenvalue weighted by Crippen LogP contribution is 1.91. The van der Waals surface area contributed by atoms with Crippen molar-refractivity contribution in [3.05, 3.63) is 12.8 Å². The highest BCUT2D eigenvalue weighted by molar-refractivity contribution is 7.95. The maximum atomic E-state index is 3.52. The van der Waals surface area contributed by atoms with Gasteiger partial charge in [0.1, 0.15) is 0 Å². The molecule has 0 heterocycles. The van der Waals surface area contributed by atoms with Gasteiger partial charge in [0.05, 0.1) is 12.1 Å². The van der Waals surface area contributed by atoms with Crippen molar-refractivity contribution >= 4 is 12.1 Å². The number of rotatable bonds is 3. The van der Waals surface area contributed by atoms with Crippen LogP contribution in [0.1, 0.15) is 0 Å². The minimum absolute atomic E-state index is 1.17. The summed E-state index contributed by atoms with van der Waals surface area (Å²) in [6.45, 7) is 3.33. The molecule has 0 aromatic heterocycles. The topological polar surface area (TPSA) is 36.8 Å². The van der Waals surface area contributed by atoms with E-state index in [0.29, 0.717) is 0 Å². The molecule has 0 fully saturated rings. The molecule has 0 aliphatic heterocycles. The van der Waals surface area contributed by atoms with Crippen molar-refractivity contribution < 1.29 is 0 Å². The molecule has 0 spiro atoms. The lowest BCUT2D eigenvalue weighted by Crippen LogP contribution is -1.84. The predicted octanol–water partition coefficient (Wildman–Crippen LogP) is 1.36. The van der Waals surface area contributed by atoms with E-state index in [0.717, 1.165) is 0 Å². The second kappa shape index (κ2) is 5.65. The summed E-state index contributed by atoms with van der Waals surface area (Å²) >= 11 is 1.17. The Morgan fingerprint density at radius 1 is 1.86 bits per heavy atom. The SMILES string of the molecule is C=CN=NSNC. The van der Waals surface area contributed by atoms with Gasteiger partial charge in [0.15, 0.2) is 0 Å². The van der Waals surface area contributed by atoms with Crippen molar-refractivity contribution in [2.75, 3.05) is 7.05 Å². The summed E-state index contributed by atoms with van der Waals surface area (Å²) in [4.78, 5) is 0. The molecule has 1 N–H and O–H groups in total. The van der Waals surface area contributed by atoms with E-state index >= 15 is 0 Å². The summed E-state index contributed by atoms with van der Waals surface area (Å²) in [5.74, 6) is 0. The monoisotopic (exact) mass is 117 g/mol. The largest absolute Gasteiger partial charge is 0.246 e. The molecule has 40 valence electrons. The smallest absolute Gasteiger partial charge is 0.0823 e. The van der Waals surface area contributed by atoms with Gasteiger partial charge in [-0.2, -0.15) is 5.11 Å². The molecule has 0 atom stereocenters. The highest BCUT2D eigenvalue weighted by Gasteiger charge is 1.65. The van der Waals surface area contributed by atoms with Gasteiger partial charge in [-0.3, -0.25) is 0 Å². The van der Waals surface area contributed by atoms with Crippen LogP contribution in [0.5, 0.6) is 0 Å². The molecule has 0 aromatic carbocycles. The Hall–Kier alpha value is -0.350. The van der Waals surface area contributed by atoms with E-state index in [-0.39, 0.29) is 0 Å². The minimum Gasteiger partial charge on any atom is -0.246 e. The zero-order valence-electron chi connectivity index (χ0n) is 4.09. The predicted molar refractivity (Wildman–Crippen MR) is 31.7 cm³/mol. The van der Waals surface area contributed by atoms with Crippen LogP contribution in [0.2, 0.25) is 0 Å². The maximum Gasteiger partial charge on any atom is 0.0823 e. The van der Waals surface area contributed by atoms with Gasteiger partial charge in [0.25, 0.3) is 0 Å². The Labute approximate surface area is 47.2 Å². The van der Waals surface area contributed by atoms with Gasteiger partial charge in [-0.05, 0) is 7.05 Å². The van der Waals surface area contributed by atoms with Crippen LogP contribution < -0.4 is 4.72 Å². The van der Waals surface area contributed by atoms with E-state index in [9.17, 15) is 0 Å². The molecule has 0 aromatic rings. The molecule has 7 heavy (non-hydrogen) atoms. The van der Waals surface area contributed by atoms with Gasteiger partial charge in [-0.15, -0.1) is 0 Å². The zero-order valence-corrected chi connectivity index (χ0v) is 4.90.